The van der Waals surface area contributed by atoms with Crippen LogP contribution in [0.4, 0.5) is 10.1 Å². The van der Waals surface area contributed by atoms with Crippen LogP contribution in [-0.2, 0) is 0 Å². The number of hydrogen-bond acceptors (Lipinski definition) is 2. The van der Waals surface area contributed by atoms with Crippen LogP contribution in [-0.4, -0.2) is 19.6 Å². The molecule has 0 heterocycles. The number of halogens is 1. The van der Waals surface area contributed by atoms with Gasteiger partial charge in [-0.25, -0.2) is 4.39 Å². The van der Waals surface area contributed by atoms with Gasteiger partial charge in [-0.1, -0.05) is 13.8 Å². The SMILES string of the molecule is CNC(C)c1cc(F)ccc1N(CCC(C)C)C1CC1. The molecule has 0 saturated heterocycles. The van der Waals surface area contributed by atoms with E-state index in [4.69, 9.17) is 0 Å². The lowest BCUT2D eigenvalue weighted by atomic mass is 10.0. The summed E-state index contributed by atoms with van der Waals surface area (Å²) in [5.41, 5.74) is 2.28. The molecule has 112 valence electrons. The minimum absolute atomic E-state index is 0.148. The summed E-state index contributed by atoms with van der Waals surface area (Å²) in [5.74, 6) is 0.548. The van der Waals surface area contributed by atoms with Crippen LogP contribution in [0.25, 0.3) is 0 Å². The first kappa shape index (κ1) is 15.3. The van der Waals surface area contributed by atoms with Crippen molar-refractivity contribution in [1.82, 2.24) is 5.32 Å². The Kier molecular flexibility index (Phi) is 5.03. The molecule has 2 rings (SSSR count). The molecular weight excluding hydrogens is 251 g/mol. The zero-order valence-electron chi connectivity index (χ0n) is 13.1. The van der Waals surface area contributed by atoms with Crippen molar-refractivity contribution in [2.45, 2.75) is 52.1 Å². The Balaban J connectivity index is 2.27. The third kappa shape index (κ3) is 3.72. The summed E-state index contributed by atoms with van der Waals surface area (Å²) < 4.78 is 13.6. The standard InChI is InChI=1S/C17H27FN2/c1-12(2)9-10-20(15-6-7-15)17-8-5-14(18)11-16(17)13(3)19-4/h5,8,11-13,15,19H,6-7,9-10H2,1-4H3. The van der Waals surface area contributed by atoms with Gasteiger partial charge in [-0.15, -0.1) is 0 Å². The Morgan fingerprint density at radius 2 is 2.00 bits per heavy atom. The van der Waals surface area contributed by atoms with Gasteiger partial charge in [0, 0.05) is 24.3 Å². The molecule has 3 heteroatoms. The minimum Gasteiger partial charge on any atom is -0.368 e. The highest BCUT2D eigenvalue weighted by Gasteiger charge is 2.30. The van der Waals surface area contributed by atoms with E-state index in [9.17, 15) is 4.39 Å². The van der Waals surface area contributed by atoms with Gasteiger partial charge in [0.05, 0.1) is 0 Å². The molecule has 0 aliphatic heterocycles. The van der Waals surface area contributed by atoms with Gasteiger partial charge in [-0.2, -0.15) is 0 Å². The maximum absolute atomic E-state index is 13.6. The molecule has 20 heavy (non-hydrogen) atoms. The Bertz CT molecular complexity index is 441. The average molecular weight is 278 g/mol. The van der Waals surface area contributed by atoms with E-state index in [0.29, 0.717) is 12.0 Å². The van der Waals surface area contributed by atoms with E-state index in [1.165, 1.54) is 24.9 Å². The first-order valence-electron chi connectivity index (χ1n) is 7.76. The van der Waals surface area contributed by atoms with Gasteiger partial charge >= 0.3 is 0 Å². The third-order valence-corrected chi connectivity index (χ3v) is 4.13. The molecule has 1 fully saturated rings. The number of benzene rings is 1. The van der Waals surface area contributed by atoms with Gasteiger partial charge in [0.15, 0.2) is 0 Å². The lowest BCUT2D eigenvalue weighted by Gasteiger charge is -2.29. The summed E-state index contributed by atoms with van der Waals surface area (Å²) in [6.45, 7) is 7.67. The highest BCUT2D eigenvalue weighted by atomic mass is 19.1. The smallest absolute Gasteiger partial charge is 0.123 e. The first-order valence-corrected chi connectivity index (χ1v) is 7.76. The Morgan fingerprint density at radius 1 is 1.30 bits per heavy atom. The molecule has 2 nitrogen and oxygen atoms in total. The molecule has 0 amide bonds. The van der Waals surface area contributed by atoms with Gasteiger partial charge in [-0.3, -0.25) is 0 Å². The van der Waals surface area contributed by atoms with Crippen molar-refractivity contribution in [1.29, 1.82) is 0 Å². The molecule has 1 N–H and O–H groups in total. The summed E-state index contributed by atoms with van der Waals surface area (Å²) in [6, 6.07) is 6.05. The predicted octanol–water partition coefficient (Wildman–Crippen LogP) is 4.12. The maximum Gasteiger partial charge on any atom is 0.123 e. The predicted molar refractivity (Wildman–Crippen MR) is 83.7 cm³/mol. The van der Waals surface area contributed by atoms with Crippen LogP contribution < -0.4 is 10.2 Å². The van der Waals surface area contributed by atoms with Gasteiger partial charge in [0.2, 0.25) is 0 Å². The number of nitrogens with zero attached hydrogens (tertiary/aromatic N) is 1. The topological polar surface area (TPSA) is 15.3 Å². The largest absolute Gasteiger partial charge is 0.368 e. The highest BCUT2D eigenvalue weighted by Crippen LogP contribution is 2.36. The molecule has 0 spiro atoms. The van der Waals surface area contributed by atoms with Crippen LogP contribution in [0.15, 0.2) is 18.2 Å². The number of hydrogen-bond donors (Lipinski definition) is 1. The Labute approximate surface area is 122 Å². The molecule has 1 saturated carbocycles. The van der Waals surface area contributed by atoms with E-state index in [0.717, 1.165) is 12.1 Å². The molecule has 1 aromatic carbocycles. The van der Waals surface area contributed by atoms with Crippen LogP contribution >= 0.6 is 0 Å². The number of anilines is 1. The number of nitrogens with one attached hydrogen (secondary N) is 1. The fraction of sp³-hybridized carbons (Fsp3) is 0.647. The van der Waals surface area contributed by atoms with E-state index in [-0.39, 0.29) is 11.9 Å². The van der Waals surface area contributed by atoms with Crippen LogP contribution in [0.2, 0.25) is 0 Å². The van der Waals surface area contributed by atoms with Crippen molar-refractivity contribution in [3.8, 4) is 0 Å². The Hall–Kier alpha value is -1.09. The quantitative estimate of drug-likeness (QED) is 0.807. The van der Waals surface area contributed by atoms with Crippen molar-refractivity contribution in [3.05, 3.63) is 29.6 Å². The first-order chi connectivity index (χ1) is 9.52. The molecule has 0 aromatic heterocycles. The molecule has 0 bridgehead atoms. The summed E-state index contributed by atoms with van der Waals surface area (Å²) in [4.78, 5) is 2.49. The lowest BCUT2D eigenvalue weighted by molar-refractivity contribution is 0.564. The summed E-state index contributed by atoms with van der Waals surface area (Å²) in [5, 5.41) is 3.23. The maximum atomic E-state index is 13.6. The zero-order chi connectivity index (χ0) is 14.7. The van der Waals surface area contributed by atoms with E-state index >= 15 is 0 Å². The van der Waals surface area contributed by atoms with Crippen molar-refractivity contribution >= 4 is 5.69 Å². The molecule has 1 unspecified atom stereocenters. The van der Waals surface area contributed by atoms with E-state index in [1.807, 2.05) is 13.1 Å². The van der Waals surface area contributed by atoms with E-state index < -0.39 is 0 Å². The normalized spacial score (nSPS) is 16.5. The zero-order valence-corrected chi connectivity index (χ0v) is 13.1. The van der Waals surface area contributed by atoms with E-state index in [1.54, 1.807) is 12.1 Å². The van der Waals surface area contributed by atoms with Crippen molar-refractivity contribution in [2.24, 2.45) is 5.92 Å². The molecule has 1 aliphatic carbocycles. The van der Waals surface area contributed by atoms with Crippen molar-refractivity contribution < 1.29 is 4.39 Å². The van der Waals surface area contributed by atoms with Gasteiger partial charge in [0.1, 0.15) is 5.82 Å². The second kappa shape index (κ2) is 6.57. The second-order valence-corrected chi connectivity index (χ2v) is 6.32. The van der Waals surface area contributed by atoms with Crippen LogP contribution in [0, 0.1) is 11.7 Å². The molecule has 0 radical (unpaired) electrons. The molecule has 1 aromatic rings. The molecule has 1 atom stereocenters. The van der Waals surface area contributed by atoms with Gasteiger partial charge in [-0.05, 0) is 62.9 Å². The minimum atomic E-state index is -0.148. The van der Waals surface area contributed by atoms with Crippen molar-refractivity contribution in [2.75, 3.05) is 18.5 Å². The molecular formula is C17H27FN2. The molecule has 1 aliphatic rings. The van der Waals surface area contributed by atoms with Crippen LogP contribution in [0.3, 0.4) is 0 Å². The van der Waals surface area contributed by atoms with Gasteiger partial charge in [0.25, 0.3) is 0 Å². The van der Waals surface area contributed by atoms with Gasteiger partial charge < -0.3 is 10.2 Å². The van der Waals surface area contributed by atoms with E-state index in [2.05, 4.69) is 31.0 Å². The second-order valence-electron chi connectivity index (χ2n) is 6.32. The third-order valence-electron chi connectivity index (χ3n) is 4.13. The highest BCUT2D eigenvalue weighted by molar-refractivity contribution is 5.56. The summed E-state index contributed by atoms with van der Waals surface area (Å²) >= 11 is 0. The fourth-order valence-corrected chi connectivity index (χ4v) is 2.57. The van der Waals surface area contributed by atoms with Crippen LogP contribution in [0.5, 0.6) is 0 Å². The fourth-order valence-electron chi connectivity index (χ4n) is 2.57. The number of rotatable bonds is 7. The van der Waals surface area contributed by atoms with Crippen LogP contribution in [0.1, 0.15) is 51.6 Å². The average Bonchev–Trinajstić information content (AvgIpc) is 3.23. The Morgan fingerprint density at radius 3 is 2.55 bits per heavy atom. The summed E-state index contributed by atoms with van der Waals surface area (Å²) in [7, 11) is 1.93. The van der Waals surface area contributed by atoms with Crippen molar-refractivity contribution in [3.63, 3.8) is 0 Å². The monoisotopic (exact) mass is 278 g/mol. The lowest BCUT2D eigenvalue weighted by Crippen LogP contribution is -2.30. The summed E-state index contributed by atoms with van der Waals surface area (Å²) in [6.07, 6.45) is 3.72.